The molecule has 0 aromatic heterocycles. The van der Waals surface area contributed by atoms with Gasteiger partial charge in [-0.25, -0.2) is 4.79 Å². The Balaban J connectivity index is 1.57. The average molecular weight is 469 g/mol. The van der Waals surface area contributed by atoms with Crippen LogP contribution < -0.4 is 15.4 Å². The molecule has 0 saturated carbocycles. The molecule has 0 atom stereocenters. The second-order valence-corrected chi connectivity index (χ2v) is 7.47. The van der Waals surface area contributed by atoms with Gasteiger partial charge in [0.1, 0.15) is 17.4 Å². The first-order valence-corrected chi connectivity index (χ1v) is 10.6. The first-order chi connectivity index (χ1) is 16.9. The Labute approximate surface area is 202 Å². The van der Waals surface area contributed by atoms with Crippen LogP contribution in [0, 0.1) is 18.3 Å². The molecular formula is C27H23N3O5. The van der Waals surface area contributed by atoms with Gasteiger partial charge < -0.3 is 20.1 Å². The van der Waals surface area contributed by atoms with Crippen molar-refractivity contribution in [2.75, 3.05) is 24.4 Å². The van der Waals surface area contributed by atoms with Crippen LogP contribution in [-0.2, 0) is 14.3 Å². The van der Waals surface area contributed by atoms with E-state index in [1.165, 1.54) is 25.3 Å². The molecule has 0 radical (unpaired) electrons. The summed E-state index contributed by atoms with van der Waals surface area (Å²) in [4.78, 5) is 36.1. The van der Waals surface area contributed by atoms with Gasteiger partial charge in [-0.1, -0.05) is 24.3 Å². The zero-order chi connectivity index (χ0) is 25.2. The van der Waals surface area contributed by atoms with Crippen LogP contribution in [0.4, 0.5) is 11.4 Å². The lowest BCUT2D eigenvalue weighted by molar-refractivity contribution is -0.118. The standard InChI is InChI=1S/C27H23N3O5/c1-18-4-3-5-23(14-18)29-25(31)17-35-24-12-6-19(7-13-24)15-21(16-28)26(32)30-22-10-8-20(9-11-22)27(33)34-2/h3-15H,17H2,1-2H3,(H,29,31)(H,30,32)/b21-15+. The first kappa shape index (κ1) is 24.7. The van der Waals surface area contributed by atoms with Gasteiger partial charge in [-0.2, -0.15) is 5.26 Å². The number of esters is 1. The summed E-state index contributed by atoms with van der Waals surface area (Å²) >= 11 is 0. The number of rotatable bonds is 8. The van der Waals surface area contributed by atoms with Crippen LogP contribution in [0.15, 0.2) is 78.4 Å². The molecule has 3 aromatic rings. The molecule has 0 unspecified atom stereocenters. The van der Waals surface area contributed by atoms with Crippen molar-refractivity contribution < 1.29 is 23.9 Å². The SMILES string of the molecule is COC(=O)c1ccc(NC(=O)/C(C#N)=C/c2ccc(OCC(=O)Nc3cccc(C)c3)cc2)cc1. The minimum absolute atomic E-state index is 0.103. The van der Waals surface area contributed by atoms with Gasteiger partial charge in [0.2, 0.25) is 0 Å². The Bertz CT molecular complexity index is 1290. The number of benzene rings is 3. The maximum Gasteiger partial charge on any atom is 0.337 e. The van der Waals surface area contributed by atoms with Gasteiger partial charge in [0, 0.05) is 11.4 Å². The van der Waals surface area contributed by atoms with Crippen LogP contribution in [0.1, 0.15) is 21.5 Å². The molecule has 3 aromatic carbocycles. The number of nitriles is 1. The topological polar surface area (TPSA) is 118 Å². The van der Waals surface area contributed by atoms with E-state index in [0.717, 1.165) is 5.56 Å². The van der Waals surface area contributed by atoms with Crippen LogP contribution in [0.3, 0.4) is 0 Å². The van der Waals surface area contributed by atoms with E-state index < -0.39 is 11.9 Å². The van der Waals surface area contributed by atoms with Crippen LogP contribution in [-0.4, -0.2) is 31.5 Å². The molecule has 0 heterocycles. The van der Waals surface area contributed by atoms with Crippen LogP contribution in [0.2, 0.25) is 0 Å². The lowest BCUT2D eigenvalue weighted by Gasteiger charge is -2.08. The minimum atomic E-state index is -0.591. The molecule has 0 saturated heterocycles. The van der Waals surface area contributed by atoms with E-state index in [1.54, 1.807) is 42.5 Å². The Morgan fingerprint density at radius 1 is 0.943 bits per heavy atom. The van der Waals surface area contributed by atoms with Gasteiger partial charge >= 0.3 is 5.97 Å². The lowest BCUT2D eigenvalue weighted by atomic mass is 10.1. The summed E-state index contributed by atoms with van der Waals surface area (Å²) in [5, 5.41) is 14.8. The van der Waals surface area contributed by atoms with Crippen molar-refractivity contribution in [3.8, 4) is 11.8 Å². The summed E-state index contributed by atoms with van der Waals surface area (Å²) in [6, 6.07) is 22.1. The monoisotopic (exact) mass is 469 g/mol. The molecule has 0 aliphatic carbocycles. The van der Waals surface area contributed by atoms with Gasteiger partial charge in [-0.05, 0) is 72.7 Å². The van der Waals surface area contributed by atoms with Crippen molar-refractivity contribution in [1.29, 1.82) is 5.26 Å². The normalized spacial score (nSPS) is 10.6. The Morgan fingerprint density at radius 3 is 2.29 bits per heavy atom. The molecule has 0 aliphatic heterocycles. The number of hydrogen-bond acceptors (Lipinski definition) is 6. The Morgan fingerprint density at radius 2 is 1.66 bits per heavy atom. The highest BCUT2D eigenvalue weighted by molar-refractivity contribution is 6.09. The number of aryl methyl sites for hydroxylation is 1. The third kappa shape index (κ3) is 7.30. The zero-order valence-electron chi connectivity index (χ0n) is 19.2. The second-order valence-electron chi connectivity index (χ2n) is 7.47. The fourth-order valence-corrected chi connectivity index (χ4v) is 3.05. The highest BCUT2D eigenvalue weighted by atomic mass is 16.5. The summed E-state index contributed by atoms with van der Waals surface area (Å²) in [5.41, 5.74) is 3.01. The largest absolute Gasteiger partial charge is 0.484 e. The average Bonchev–Trinajstić information content (AvgIpc) is 2.86. The molecule has 2 amide bonds. The molecule has 0 fully saturated rings. The van der Waals surface area contributed by atoms with Crippen LogP contribution >= 0.6 is 0 Å². The van der Waals surface area contributed by atoms with Gasteiger partial charge in [-0.15, -0.1) is 0 Å². The van der Waals surface area contributed by atoms with E-state index in [0.29, 0.717) is 28.3 Å². The summed E-state index contributed by atoms with van der Waals surface area (Å²) in [7, 11) is 1.28. The number of carbonyl (C=O) groups is 3. The van der Waals surface area contributed by atoms with Crippen molar-refractivity contribution in [3.63, 3.8) is 0 Å². The minimum Gasteiger partial charge on any atom is -0.484 e. The van der Waals surface area contributed by atoms with Gasteiger partial charge in [0.15, 0.2) is 6.61 Å². The number of hydrogen-bond donors (Lipinski definition) is 2. The maximum absolute atomic E-state index is 12.5. The third-order valence-electron chi connectivity index (χ3n) is 4.79. The van der Waals surface area contributed by atoms with Gasteiger partial charge in [-0.3, -0.25) is 9.59 Å². The van der Waals surface area contributed by atoms with Crippen LogP contribution in [0.5, 0.6) is 5.75 Å². The number of ether oxygens (including phenoxy) is 2. The number of carbonyl (C=O) groups excluding carboxylic acids is 3. The smallest absolute Gasteiger partial charge is 0.337 e. The first-order valence-electron chi connectivity index (χ1n) is 10.6. The van der Waals surface area contributed by atoms with E-state index in [-0.39, 0.29) is 18.1 Å². The van der Waals surface area contributed by atoms with E-state index >= 15 is 0 Å². The molecular weight excluding hydrogens is 446 g/mol. The number of methoxy groups -OCH3 is 1. The number of nitrogens with one attached hydrogen (secondary N) is 2. The second kappa shape index (κ2) is 11.8. The van der Waals surface area contributed by atoms with Crippen molar-refractivity contribution in [2.24, 2.45) is 0 Å². The fraction of sp³-hybridized carbons (Fsp3) is 0.111. The van der Waals surface area contributed by atoms with E-state index in [9.17, 15) is 19.6 Å². The molecule has 8 nitrogen and oxygen atoms in total. The molecule has 0 bridgehead atoms. The summed E-state index contributed by atoms with van der Waals surface area (Å²) < 4.78 is 10.1. The molecule has 35 heavy (non-hydrogen) atoms. The summed E-state index contributed by atoms with van der Waals surface area (Å²) in [6.45, 7) is 1.77. The van der Waals surface area contributed by atoms with Crippen molar-refractivity contribution in [2.45, 2.75) is 6.92 Å². The predicted molar refractivity (Wildman–Crippen MR) is 132 cm³/mol. The Hall–Kier alpha value is -4.90. The highest BCUT2D eigenvalue weighted by Crippen LogP contribution is 2.17. The molecule has 0 spiro atoms. The molecule has 2 N–H and O–H groups in total. The van der Waals surface area contributed by atoms with Crippen molar-refractivity contribution >= 4 is 35.2 Å². The quantitative estimate of drug-likeness (QED) is 0.288. The lowest BCUT2D eigenvalue weighted by Crippen LogP contribution is -2.20. The molecule has 3 rings (SSSR count). The number of amides is 2. The summed E-state index contributed by atoms with van der Waals surface area (Å²) in [5.74, 6) is -0.899. The van der Waals surface area contributed by atoms with E-state index in [4.69, 9.17) is 4.74 Å². The van der Waals surface area contributed by atoms with Crippen molar-refractivity contribution in [1.82, 2.24) is 0 Å². The summed E-state index contributed by atoms with van der Waals surface area (Å²) in [6.07, 6.45) is 1.44. The maximum atomic E-state index is 12.5. The zero-order valence-corrected chi connectivity index (χ0v) is 19.2. The molecule has 0 aliphatic rings. The number of nitrogens with zero attached hydrogens (tertiary/aromatic N) is 1. The third-order valence-corrected chi connectivity index (χ3v) is 4.79. The van der Waals surface area contributed by atoms with Gasteiger partial charge in [0.25, 0.3) is 11.8 Å². The predicted octanol–water partition coefficient (Wildman–Crippen LogP) is 4.34. The van der Waals surface area contributed by atoms with Crippen molar-refractivity contribution in [3.05, 3.63) is 95.1 Å². The molecule has 8 heteroatoms. The van der Waals surface area contributed by atoms with E-state index in [2.05, 4.69) is 15.4 Å². The molecule has 176 valence electrons. The fourth-order valence-electron chi connectivity index (χ4n) is 3.05. The van der Waals surface area contributed by atoms with Gasteiger partial charge in [0.05, 0.1) is 12.7 Å². The Kier molecular flexibility index (Phi) is 8.35. The van der Waals surface area contributed by atoms with Crippen LogP contribution in [0.25, 0.3) is 6.08 Å². The highest BCUT2D eigenvalue weighted by Gasteiger charge is 2.11. The van der Waals surface area contributed by atoms with E-state index in [1.807, 2.05) is 31.2 Å². The number of anilines is 2.